The van der Waals surface area contributed by atoms with Crippen LogP contribution in [0.5, 0.6) is 0 Å². The molecule has 21 heavy (non-hydrogen) atoms. The summed E-state index contributed by atoms with van der Waals surface area (Å²) in [6, 6.07) is 5.93. The van der Waals surface area contributed by atoms with Crippen molar-refractivity contribution in [2.24, 2.45) is 0 Å². The maximum absolute atomic E-state index is 12.5. The highest BCUT2D eigenvalue weighted by atomic mass is 19.4. The highest BCUT2D eigenvalue weighted by molar-refractivity contribution is 5.26. The monoisotopic (exact) mass is 300 g/mol. The molecule has 1 aliphatic heterocycles. The van der Waals surface area contributed by atoms with Crippen LogP contribution >= 0.6 is 0 Å². The molecule has 0 spiro atoms. The molecule has 0 saturated carbocycles. The number of nitrogens with zero attached hydrogens (tertiary/aromatic N) is 1. The average Bonchev–Trinajstić information content (AvgIpc) is 2.98. The lowest BCUT2D eigenvalue weighted by Crippen LogP contribution is -2.39. The first-order chi connectivity index (χ1) is 9.88. The van der Waals surface area contributed by atoms with Crippen LogP contribution in [0.15, 0.2) is 24.3 Å². The first-order valence-corrected chi connectivity index (χ1v) is 7.52. The van der Waals surface area contributed by atoms with Gasteiger partial charge in [0.2, 0.25) is 0 Å². The maximum atomic E-state index is 12.5. The molecule has 5 heteroatoms. The van der Waals surface area contributed by atoms with Gasteiger partial charge in [-0.1, -0.05) is 12.1 Å². The summed E-state index contributed by atoms with van der Waals surface area (Å²) in [5.41, 5.74) is 0.292. The van der Waals surface area contributed by atoms with E-state index in [4.69, 9.17) is 0 Å². The Kier molecular flexibility index (Phi) is 5.27. The summed E-state index contributed by atoms with van der Waals surface area (Å²) >= 11 is 0. The fourth-order valence-electron chi connectivity index (χ4n) is 2.74. The lowest BCUT2D eigenvalue weighted by molar-refractivity contribution is -0.137. The Balaban J connectivity index is 1.86. The normalized spacial score (nSPS) is 19.7. The van der Waals surface area contributed by atoms with Crippen LogP contribution in [-0.2, 0) is 6.18 Å². The van der Waals surface area contributed by atoms with Gasteiger partial charge in [0.05, 0.1) is 5.56 Å². The molecule has 1 aliphatic rings. The summed E-state index contributed by atoms with van der Waals surface area (Å²) in [4.78, 5) is 2.45. The topological polar surface area (TPSA) is 15.3 Å². The molecule has 0 aliphatic carbocycles. The lowest BCUT2D eigenvalue weighted by atomic mass is 10.1. The van der Waals surface area contributed by atoms with E-state index >= 15 is 0 Å². The van der Waals surface area contributed by atoms with Gasteiger partial charge in [-0.25, -0.2) is 0 Å². The van der Waals surface area contributed by atoms with Crippen LogP contribution in [0.2, 0.25) is 0 Å². The molecular formula is C16H23F3N2. The van der Waals surface area contributed by atoms with E-state index in [1.807, 2.05) is 6.92 Å². The third-order valence-corrected chi connectivity index (χ3v) is 4.22. The summed E-state index contributed by atoms with van der Waals surface area (Å²) in [6.07, 6.45) is -1.74. The Hall–Kier alpha value is -1.07. The van der Waals surface area contributed by atoms with Crippen LogP contribution < -0.4 is 5.32 Å². The van der Waals surface area contributed by atoms with Crippen LogP contribution in [-0.4, -0.2) is 30.6 Å². The number of hydrogen-bond acceptors (Lipinski definition) is 2. The molecule has 2 unspecified atom stereocenters. The van der Waals surface area contributed by atoms with Crippen molar-refractivity contribution in [3.05, 3.63) is 35.4 Å². The van der Waals surface area contributed by atoms with Gasteiger partial charge in [0.25, 0.3) is 0 Å². The Labute approximate surface area is 124 Å². The first kappa shape index (κ1) is 16.3. The highest BCUT2D eigenvalue weighted by Gasteiger charge is 2.30. The van der Waals surface area contributed by atoms with Crippen LogP contribution in [0.3, 0.4) is 0 Å². The molecular weight excluding hydrogens is 277 g/mol. The molecule has 2 rings (SSSR count). The van der Waals surface area contributed by atoms with E-state index in [2.05, 4.69) is 17.1 Å². The third-order valence-electron chi connectivity index (χ3n) is 4.22. The second-order valence-corrected chi connectivity index (χ2v) is 5.84. The van der Waals surface area contributed by atoms with Crippen molar-refractivity contribution in [1.82, 2.24) is 10.2 Å². The standard InChI is InChI=1S/C16H23F3N2/c1-12(21-9-3-4-10-21)11-20-13(2)14-5-7-15(8-6-14)16(17,18)19/h5-8,12-13,20H,3-4,9-11H2,1-2H3. The minimum Gasteiger partial charge on any atom is -0.309 e. The molecule has 1 N–H and O–H groups in total. The zero-order valence-electron chi connectivity index (χ0n) is 12.6. The van der Waals surface area contributed by atoms with Crippen molar-refractivity contribution < 1.29 is 13.2 Å². The fourth-order valence-corrected chi connectivity index (χ4v) is 2.74. The maximum Gasteiger partial charge on any atom is 0.416 e. The molecule has 1 aromatic rings. The summed E-state index contributed by atoms with van der Waals surface area (Å²) in [5.74, 6) is 0. The number of hydrogen-bond donors (Lipinski definition) is 1. The molecule has 0 amide bonds. The molecule has 2 nitrogen and oxygen atoms in total. The van der Waals surface area contributed by atoms with Crippen molar-refractivity contribution in [2.75, 3.05) is 19.6 Å². The van der Waals surface area contributed by atoms with Gasteiger partial charge >= 0.3 is 6.18 Å². The van der Waals surface area contributed by atoms with E-state index in [1.165, 1.54) is 12.8 Å². The summed E-state index contributed by atoms with van der Waals surface area (Å²) < 4.78 is 37.6. The van der Waals surface area contributed by atoms with Gasteiger partial charge in [0.1, 0.15) is 0 Å². The SMILES string of the molecule is CC(NCC(C)N1CCCC1)c1ccc(C(F)(F)F)cc1. The third kappa shape index (κ3) is 4.45. The van der Waals surface area contributed by atoms with Crippen LogP contribution in [0.25, 0.3) is 0 Å². The summed E-state index contributed by atoms with van der Waals surface area (Å²) in [6.45, 7) is 7.33. The molecule has 1 heterocycles. The van der Waals surface area contributed by atoms with Gasteiger partial charge < -0.3 is 5.32 Å². The smallest absolute Gasteiger partial charge is 0.309 e. The lowest BCUT2D eigenvalue weighted by Gasteiger charge is -2.26. The van der Waals surface area contributed by atoms with E-state index in [0.29, 0.717) is 6.04 Å². The molecule has 1 fully saturated rings. The van der Waals surface area contributed by atoms with E-state index in [9.17, 15) is 13.2 Å². The number of halogens is 3. The minimum absolute atomic E-state index is 0.0531. The summed E-state index contributed by atoms with van der Waals surface area (Å²) in [7, 11) is 0. The highest BCUT2D eigenvalue weighted by Crippen LogP contribution is 2.29. The molecule has 0 bridgehead atoms. The molecule has 1 aromatic carbocycles. The van der Waals surface area contributed by atoms with Crippen molar-refractivity contribution in [3.8, 4) is 0 Å². The Morgan fingerprint density at radius 1 is 1.10 bits per heavy atom. The van der Waals surface area contributed by atoms with Crippen molar-refractivity contribution in [1.29, 1.82) is 0 Å². The van der Waals surface area contributed by atoms with Crippen LogP contribution in [0, 0.1) is 0 Å². The largest absolute Gasteiger partial charge is 0.416 e. The molecule has 0 radical (unpaired) electrons. The number of nitrogens with one attached hydrogen (secondary N) is 1. The predicted molar refractivity (Wildman–Crippen MR) is 78.1 cm³/mol. The number of benzene rings is 1. The number of rotatable bonds is 5. The van der Waals surface area contributed by atoms with Crippen molar-refractivity contribution >= 4 is 0 Å². The van der Waals surface area contributed by atoms with Gasteiger partial charge in [-0.2, -0.15) is 13.2 Å². The Bertz CT molecular complexity index is 436. The molecule has 1 saturated heterocycles. The minimum atomic E-state index is -4.26. The second-order valence-electron chi connectivity index (χ2n) is 5.84. The van der Waals surface area contributed by atoms with Crippen molar-refractivity contribution in [3.63, 3.8) is 0 Å². The van der Waals surface area contributed by atoms with Crippen LogP contribution in [0.4, 0.5) is 13.2 Å². The fraction of sp³-hybridized carbons (Fsp3) is 0.625. The first-order valence-electron chi connectivity index (χ1n) is 7.52. The average molecular weight is 300 g/mol. The van der Waals surface area contributed by atoms with E-state index in [1.54, 1.807) is 12.1 Å². The van der Waals surface area contributed by atoms with Gasteiger partial charge in [-0.15, -0.1) is 0 Å². The zero-order valence-corrected chi connectivity index (χ0v) is 12.6. The number of likely N-dealkylation sites (tertiary alicyclic amines) is 1. The van der Waals surface area contributed by atoms with E-state index < -0.39 is 11.7 Å². The Morgan fingerprint density at radius 2 is 1.67 bits per heavy atom. The second kappa shape index (κ2) is 6.79. The molecule has 2 atom stereocenters. The summed E-state index contributed by atoms with van der Waals surface area (Å²) in [5, 5.41) is 3.41. The quantitative estimate of drug-likeness (QED) is 0.889. The van der Waals surface area contributed by atoms with Gasteiger partial charge in [-0.3, -0.25) is 4.90 Å². The van der Waals surface area contributed by atoms with Gasteiger partial charge in [0, 0.05) is 18.6 Å². The van der Waals surface area contributed by atoms with Crippen molar-refractivity contribution in [2.45, 2.75) is 44.9 Å². The van der Waals surface area contributed by atoms with Gasteiger partial charge in [0.15, 0.2) is 0 Å². The van der Waals surface area contributed by atoms with E-state index in [0.717, 1.165) is 37.3 Å². The molecule has 118 valence electrons. The predicted octanol–water partition coefficient (Wildman–Crippen LogP) is 3.84. The molecule has 0 aromatic heterocycles. The number of alkyl halides is 3. The Morgan fingerprint density at radius 3 is 2.19 bits per heavy atom. The zero-order chi connectivity index (χ0) is 15.5. The van der Waals surface area contributed by atoms with Gasteiger partial charge in [-0.05, 0) is 57.5 Å². The van der Waals surface area contributed by atoms with Crippen LogP contribution in [0.1, 0.15) is 43.9 Å². The van der Waals surface area contributed by atoms with E-state index in [-0.39, 0.29) is 6.04 Å².